The van der Waals surface area contributed by atoms with Gasteiger partial charge < -0.3 is 19.9 Å². The number of hydrogen-bond donors (Lipinski definition) is 2. The largest absolute Gasteiger partial charge is 0.497 e. The average Bonchev–Trinajstić information content (AvgIpc) is 3.01. The molecule has 0 aliphatic carbocycles. The summed E-state index contributed by atoms with van der Waals surface area (Å²) >= 11 is 0. The number of methoxy groups -OCH3 is 1. The predicted molar refractivity (Wildman–Crippen MR) is 102 cm³/mol. The van der Waals surface area contributed by atoms with E-state index < -0.39 is 0 Å². The summed E-state index contributed by atoms with van der Waals surface area (Å²) in [6.45, 7) is 0. The van der Waals surface area contributed by atoms with Crippen LogP contribution in [0.4, 0.5) is 17.2 Å². The Morgan fingerprint density at radius 2 is 1.84 bits per heavy atom. The number of rotatable bonds is 4. The van der Waals surface area contributed by atoms with Crippen molar-refractivity contribution in [2.45, 2.75) is 0 Å². The number of benzene rings is 2. The monoisotopic (exact) mass is 333 g/mol. The summed E-state index contributed by atoms with van der Waals surface area (Å²) in [5.74, 6) is 1.55. The van der Waals surface area contributed by atoms with Crippen molar-refractivity contribution >= 4 is 39.1 Å². The minimum absolute atomic E-state index is 0.748. The van der Waals surface area contributed by atoms with E-state index in [-0.39, 0.29) is 0 Å². The van der Waals surface area contributed by atoms with E-state index in [1.807, 2.05) is 44.4 Å². The molecule has 0 aliphatic heterocycles. The maximum atomic E-state index is 5.32. The Bertz CT molecular complexity index is 1040. The molecule has 0 amide bonds. The van der Waals surface area contributed by atoms with E-state index in [1.54, 1.807) is 13.4 Å². The van der Waals surface area contributed by atoms with E-state index in [9.17, 15) is 0 Å². The zero-order chi connectivity index (χ0) is 17.4. The summed E-state index contributed by atoms with van der Waals surface area (Å²) < 4.78 is 5.32. The molecule has 6 heteroatoms. The minimum atomic E-state index is 0.748. The van der Waals surface area contributed by atoms with E-state index >= 15 is 0 Å². The molecule has 0 aliphatic rings. The van der Waals surface area contributed by atoms with Gasteiger partial charge in [0.05, 0.1) is 7.11 Å². The van der Waals surface area contributed by atoms with Crippen molar-refractivity contribution < 1.29 is 4.74 Å². The van der Waals surface area contributed by atoms with Crippen LogP contribution in [0.3, 0.4) is 0 Å². The first-order valence-corrected chi connectivity index (χ1v) is 8.00. The highest BCUT2D eigenvalue weighted by Crippen LogP contribution is 2.31. The lowest BCUT2D eigenvalue weighted by Crippen LogP contribution is -2.08. The summed E-state index contributed by atoms with van der Waals surface area (Å²) in [5.41, 5.74) is 4.87. The van der Waals surface area contributed by atoms with Gasteiger partial charge >= 0.3 is 0 Å². The van der Waals surface area contributed by atoms with Crippen molar-refractivity contribution in [3.63, 3.8) is 0 Å². The van der Waals surface area contributed by atoms with Crippen LogP contribution in [0.15, 0.2) is 48.8 Å². The van der Waals surface area contributed by atoms with Gasteiger partial charge in [0.2, 0.25) is 0 Å². The molecule has 0 saturated heterocycles. The van der Waals surface area contributed by atoms with Crippen LogP contribution in [-0.2, 0) is 0 Å². The van der Waals surface area contributed by atoms with E-state index in [0.29, 0.717) is 0 Å². The maximum Gasteiger partial charge on any atom is 0.158 e. The molecule has 0 spiro atoms. The quantitative estimate of drug-likeness (QED) is 0.592. The molecule has 0 bridgehead atoms. The SMILES string of the molecule is COc1ccc2[nH]c3c(Nc4ccc(N(C)C)cc4)ncnc3c2c1. The van der Waals surface area contributed by atoms with Crippen LogP contribution in [0.2, 0.25) is 0 Å². The number of nitrogens with zero attached hydrogens (tertiary/aromatic N) is 3. The van der Waals surface area contributed by atoms with Crippen molar-refractivity contribution in [3.8, 4) is 5.75 Å². The van der Waals surface area contributed by atoms with Crippen molar-refractivity contribution in [1.82, 2.24) is 15.0 Å². The lowest BCUT2D eigenvalue weighted by Gasteiger charge is -2.13. The Hall–Kier alpha value is -3.28. The molecule has 6 nitrogen and oxygen atoms in total. The molecule has 4 aromatic rings. The third kappa shape index (κ3) is 2.71. The van der Waals surface area contributed by atoms with Gasteiger partial charge in [0, 0.05) is 36.4 Å². The molecular weight excluding hydrogens is 314 g/mol. The molecule has 0 atom stereocenters. The van der Waals surface area contributed by atoms with Crippen LogP contribution in [0.1, 0.15) is 0 Å². The lowest BCUT2D eigenvalue weighted by atomic mass is 10.2. The van der Waals surface area contributed by atoms with Crippen LogP contribution < -0.4 is 15.0 Å². The number of aromatic nitrogens is 3. The lowest BCUT2D eigenvalue weighted by molar-refractivity contribution is 0.415. The fraction of sp³-hybridized carbons (Fsp3) is 0.158. The smallest absolute Gasteiger partial charge is 0.158 e. The maximum absolute atomic E-state index is 5.32. The molecule has 2 N–H and O–H groups in total. The normalized spacial score (nSPS) is 11.0. The van der Waals surface area contributed by atoms with Gasteiger partial charge in [-0.2, -0.15) is 0 Å². The zero-order valence-corrected chi connectivity index (χ0v) is 14.4. The van der Waals surface area contributed by atoms with Crippen LogP contribution in [-0.4, -0.2) is 36.2 Å². The van der Waals surface area contributed by atoms with Crippen LogP contribution in [0, 0.1) is 0 Å². The van der Waals surface area contributed by atoms with Crippen LogP contribution in [0.5, 0.6) is 5.75 Å². The first kappa shape index (κ1) is 15.3. The molecule has 2 aromatic heterocycles. The average molecular weight is 333 g/mol. The summed E-state index contributed by atoms with van der Waals surface area (Å²) in [6.07, 6.45) is 1.58. The summed E-state index contributed by atoms with van der Waals surface area (Å²) in [5, 5.41) is 4.39. The van der Waals surface area contributed by atoms with Gasteiger partial charge in [-0.25, -0.2) is 9.97 Å². The van der Waals surface area contributed by atoms with Crippen molar-refractivity contribution in [3.05, 3.63) is 48.8 Å². The molecular formula is C19H19N5O. The molecule has 2 aromatic carbocycles. The second-order valence-electron chi connectivity index (χ2n) is 6.05. The Balaban J connectivity index is 1.77. The third-order valence-corrected chi connectivity index (χ3v) is 4.24. The number of hydrogen-bond acceptors (Lipinski definition) is 5. The van der Waals surface area contributed by atoms with E-state index in [2.05, 4.69) is 37.3 Å². The minimum Gasteiger partial charge on any atom is -0.497 e. The second-order valence-corrected chi connectivity index (χ2v) is 6.05. The molecule has 2 heterocycles. The first-order valence-electron chi connectivity index (χ1n) is 8.00. The Labute approximate surface area is 145 Å². The molecule has 0 unspecified atom stereocenters. The number of anilines is 3. The third-order valence-electron chi connectivity index (χ3n) is 4.24. The van der Waals surface area contributed by atoms with Gasteiger partial charge in [0.25, 0.3) is 0 Å². The summed E-state index contributed by atoms with van der Waals surface area (Å²) in [4.78, 5) is 14.3. The second kappa shape index (κ2) is 5.98. The molecule has 0 saturated carbocycles. The Morgan fingerprint density at radius 3 is 2.56 bits per heavy atom. The van der Waals surface area contributed by atoms with Gasteiger partial charge in [0.15, 0.2) is 5.82 Å². The fourth-order valence-corrected chi connectivity index (χ4v) is 2.87. The van der Waals surface area contributed by atoms with Crippen molar-refractivity contribution in [2.24, 2.45) is 0 Å². The van der Waals surface area contributed by atoms with Gasteiger partial charge in [0.1, 0.15) is 23.1 Å². The predicted octanol–water partition coefficient (Wildman–Crippen LogP) is 3.93. The zero-order valence-electron chi connectivity index (χ0n) is 14.4. The van der Waals surface area contributed by atoms with Gasteiger partial charge in [-0.3, -0.25) is 0 Å². The topological polar surface area (TPSA) is 66.1 Å². The van der Waals surface area contributed by atoms with E-state index in [0.717, 1.165) is 44.9 Å². The molecule has 25 heavy (non-hydrogen) atoms. The molecule has 0 fully saturated rings. The van der Waals surface area contributed by atoms with Gasteiger partial charge in [-0.05, 0) is 42.5 Å². The molecule has 4 rings (SSSR count). The highest BCUT2D eigenvalue weighted by Gasteiger charge is 2.11. The summed E-state index contributed by atoms with van der Waals surface area (Å²) in [7, 11) is 5.71. The van der Waals surface area contributed by atoms with E-state index in [4.69, 9.17) is 4.74 Å². The van der Waals surface area contributed by atoms with Crippen molar-refractivity contribution in [2.75, 3.05) is 31.4 Å². The number of nitrogens with one attached hydrogen (secondary N) is 2. The van der Waals surface area contributed by atoms with Crippen LogP contribution in [0.25, 0.3) is 21.9 Å². The van der Waals surface area contributed by atoms with E-state index in [1.165, 1.54) is 0 Å². The highest BCUT2D eigenvalue weighted by atomic mass is 16.5. The van der Waals surface area contributed by atoms with Gasteiger partial charge in [-0.15, -0.1) is 0 Å². The highest BCUT2D eigenvalue weighted by molar-refractivity contribution is 6.08. The first-order chi connectivity index (χ1) is 12.2. The number of H-pyrrole nitrogens is 1. The molecule has 0 radical (unpaired) electrons. The Kier molecular flexibility index (Phi) is 3.65. The standard InChI is InChI=1S/C19H19N5O/c1-24(2)13-6-4-12(5-7-13)22-19-18-17(20-11-21-19)15-10-14(25-3)8-9-16(15)23-18/h4-11,23H,1-3H3,(H,20,21,22). The Morgan fingerprint density at radius 1 is 1.04 bits per heavy atom. The fourth-order valence-electron chi connectivity index (χ4n) is 2.87. The number of fused-ring (bicyclic) bond motifs is 3. The van der Waals surface area contributed by atoms with Gasteiger partial charge in [-0.1, -0.05) is 0 Å². The molecule has 126 valence electrons. The van der Waals surface area contributed by atoms with Crippen molar-refractivity contribution in [1.29, 1.82) is 0 Å². The summed E-state index contributed by atoms with van der Waals surface area (Å²) in [6, 6.07) is 14.1. The van der Waals surface area contributed by atoms with Crippen LogP contribution >= 0.6 is 0 Å². The number of aromatic amines is 1. The number of ether oxygens (including phenoxy) is 1.